The minimum atomic E-state index is -1.07. The van der Waals surface area contributed by atoms with Gasteiger partial charge in [0.25, 0.3) is 0 Å². The van der Waals surface area contributed by atoms with E-state index < -0.39 is 24.0 Å². The van der Waals surface area contributed by atoms with Gasteiger partial charge in [0.2, 0.25) is 11.8 Å². The molecule has 4 rings (SSSR count). The molecule has 0 aliphatic carbocycles. The van der Waals surface area contributed by atoms with Gasteiger partial charge in [-0.3, -0.25) is 9.59 Å². The highest BCUT2D eigenvalue weighted by atomic mass is 16.4. The van der Waals surface area contributed by atoms with E-state index in [0.717, 1.165) is 16.7 Å². The first-order valence-corrected chi connectivity index (χ1v) is 11.6. The van der Waals surface area contributed by atoms with Crippen LogP contribution in [0.3, 0.4) is 0 Å². The number of hydrogen-bond acceptors (Lipinski definition) is 3. The zero-order valence-electron chi connectivity index (χ0n) is 19.5. The van der Waals surface area contributed by atoms with Crippen LogP contribution in [0.2, 0.25) is 0 Å². The van der Waals surface area contributed by atoms with Crippen molar-refractivity contribution in [3.8, 4) is 0 Å². The standard InChI is InChI=1S/C29H28N2O4/c1-30(26(32)18-17-21-11-5-2-6-12-21)24-19-25(29(34)35)31(20-24)28(33)27(22-13-7-3-8-14-22)23-15-9-4-10-16-23/h2-18,24-25,27H,19-20H2,1H3,(H,34,35). The van der Waals surface area contributed by atoms with E-state index in [0.29, 0.717) is 0 Å². The molecule has 0 spiro atoms. The zero-order valence-corrected chi connectivity index (χ0v) is 19.5. The first kappa shape index (κ1) is 24.0. The molecule has 1 saturated heterocycles. The molecule has 6 heteroatoms. The van der Waals surface area contributed by atoms with Gasteiger partial charge in [-0.2, -0.15) is 0 Å². The second-order valence-corrected chi connectivity index (χ2v) is 8.68. The molecular formula is C29H28N2O4. The van der Waals surface area contributed by atoms with Crippen LogP contribution < -0.4 is 0 Å². The fourth-order valence-electron chi connectivity index (χ4n) is 4.54. The van der Waals surface area contributed by atoms with E-state index in [1.807, 2.05) is 91.0 Å². The molecule has 0 bridgehead atoms. The van der Waals surface area contributed by atoms with E-state index in [2.05, 4.69) is 0 Å². The number of amides is 2. The molecule has 2 atom stereocenters. The second kappa shape index (κ2) is 10.8. The third-order valence-corrected chi connectivity index (χ3v) is 6.47. The van der Waals surface area contributed by atoms with Gasteiger partial charge >= 0.3 is 5.97 Å². The van der Waals surface area contributed by atoms with Gasteiger partial charge in [0.15, 0.2) is 0 Å². The van der Waals surface area contributed by atoms with Crippen molar-refractivity contribution in [3.05, 3.63) is 114 Å². The topological polar surface area (TPSA) is 77.9 Å². The quantitative estimate of drug-likeness (QED) is 0.531. The fourth-order valence-corrected chi connectivity index (χ4v) is 4.54. The van der Waals surface area contributed by atoms with Crippen molar-refractivity contribution in [3.63, 3.8) is 0 Å². The molecule has 3 aromatic carbocycles. The van der Waals surface area contributed by atoms with Crippen molar-refractivity contribution in [1.29, 1.82) is 0 Å². The van der Waals surface area contributed by atoms with Crippen LogP contribution in [-0.4, -0.2) is 58.4 Å². The number of carbonyl (C=O) groups excluding carboxylic acids is 2. The SMILES string of the molecule is CN(C(=O)C=Cc1ccccc1)C1CC(C(=O)O)N(C(=O)C(c2ccccc2)c2ccccc2)C1. The van der Waals surface area contributed by atoms with Crippen molar-refractivity contribution >= 4 is 23.9 Å². The Balaban J connectivity index is 1.57. The maximum Gasteiger partial charge on any atom is 0.326 e. The van der Waals surface area contributed by atoms with Gasteiger partial charge < -0.3 is 14.9 Å². The predicted octanol–water partition coefficient (Wildman–Crippen LogP) is 4.04. The highest BCUT2D eigenvalue weighted by Gasteiger charge is 2.44. The van der Waals surface area contributed by atoms with Crippen LogP contribution in [0.4, 0.5) is 0 Å². The average Bonchev–Trinajstić information content (AvgIpc) is 3.35. The van der Waals surface area contributed by atoms with Crippen molar-refractivity contribution in [2.75, 3.05) is 13.6 Å². The largest absolute Gasteiger partial charge is 0.480 e. The van der Waals surface area contributed by atoms with Gasteiger partial charge in [0, 0.05) is 26.1 Å². The zero-order chi connectivity index (χ0) is 24.8. The van der Waals surface area contributed by atoms with Crippen molar-refractivity contribution in [2.24, 2.45) is 0 Å². The minimum absolute atomic E-state index is 0.160. The van der Waals surface area contributed by atoms with Crippen molar-refractivity contribution < 1.29 is 19.5 Å². The van der Waals surface area contributed by atoms with Crippen LogP contribution >= 0.6 is 0 Å². The smallest absolute Gasteiger partial charge is 0.326 e. The summed E-state index contributed by atoms with van der Waals surface area (Å²) in [6, 6.07) is 26.8. The van der Waals surface area contributed by atoms with Crippen LogP contribution in [0, 0.1) is 0 Å². The Hall–Kier alpha value is -4.19. The summed E-state index contributed by atoms with van der Waals surface area (Å²) in [6.45, 7) is 0.160. The summed E-state index contributed by atoms with van der Waals surface area (Å²) in [7, 11) is 1.65. The maximum absolute atomic E-state index is 13.9. The lowest BCUT2D eigenvalue weighted by atomic mass is 9.90. The molecule has 1 fully saturated rings. The molecule has 0 saturated carbocycles. The molecule has 1 aliphatic rings. The van der Waals surface area contributed by atoms with E-state index in [-0.39, 0.29) is 24.8 Å². The van der Waals surface area contributed by atoms with Gasteiger partial charge in [0.05, 0.1) is 12.0 Å². The highest BCUT2D eigenvalue weighted by Crippen LogP contribution is 2.31. The van der Waals surface area contributed by atoms with Gasteiger partial charge in [-0.1, -0.05) is 91.0 Å². The first-order chi connectivity index (χ1) is 17.0. The van der Waals surface area contributed by atoms with Crippen LogP contribution in [0.25, 0.3) is 6.08 Å². The minimum Gasteiger partial charge on any atom is -0.480 e. The number of aliphatic carboxylic acids is 1. The Morgan fingerprint density at radius 1 is 0.886 bits per heavy atom. The van der Waals surface area contributed by atoms with Crippen molar-refractivity contribution in [1.82, 2.24) is 9.80 Å². The molecule has 1 N–H and O–H groups in total. The third-order valence-electron chi connectivity index (χ3n) is 6.47. The van der Waals surface area contributed by atoms with Crippen LogP contribution in [-0.2, 0) is 14.4 Å². The van der Waals surface area contributed by atoms with Crippen LogP contribution in [0.15, 0.2) is 97.1 Å². The molecule has 1 aliphatic heterocycles. The molecule has 0 aromatic heterocycles. The Morgan fingerprint density at radius 3 is 1.91 bits per heavy atom. The number of carbonyl (C=O) groups is 3. The summed E-state index contributed by atoms with van der Waals surface area (Å²) in [6.07, 6.45) is 3.39. The summed E-state index contributed by atoms with van der Waals surface area (Å²) in [5, 5.41) is 9.93. The highest BCUT2D eigenvalue weighted by molar-refractivity contribution is 5.93. The molecule has 6 nitrogen and oxygen atoms in total. The number of rotatable bonds is 7. The van der Waals surface area contributed by atoms with E-state index in [1.54, 1.807) is 13.1 Å². The van der Waals surface area contributed by atoms with Crippen molar-refractivity contribution in [2.45, 2.75) is 24.4 Å². The van der Waals surface area contributed by atoms with Gasteiger partial charge in [-0.05, 0) is 22.8 Å². The molecule has 178 valence electrons. The van der Waals surface area contributed by atoms with E-state index in [1.165, 1.54) is 15.9 Å². The Morgan fingerprint density at radius 2 is 1.40 bits per heavy atom. The Kier molecular flexibility index (Phi) is 7.41. The molecule has 3 aromatic rings. The van der Waals surface area contributed by atoms with E-state index >= 15 is 0 Å². The number of likely N-dealkylation sites (tertiary alicyclic amines) is 1. The number of likely N-dealkylation sites (N-methyl/N-ethyl adjacent to an activating group) is 1. The molecule has 35 heavy (non-hydrogen) atoms. The third kappa shape index (κ3) is 5.49. The maximum atomic E-state index is 13.9. The molecule has 2 amide bonds. The lowest BCUT2D eigenvalue weighted by Crippen LogP contribution is -2.44. The predicted molar refractivity (Wildman–Crippen MR) is 135 cm³/mol. The summed E-state index contributed by atoms with van der Waals surface area (Å²) in [4.78, 5) is 41.8. The fraction of sp³-hybridized carbons (Fsp3) is 0.207. The normalized spacial score (nSPS) is 17.6. The number of carboxylic acid groups (broad SMARTS) is 1. The van der Waals surface area contributed by atoms with Gasteiger partial charge in [-0.25, -0.2) is 4.79 Å². The summed E-state index contributed by atoms with van der Waals surface area (Å²) >= 11 is 0. The Bertz CT molecular complexity index is 1160. The monoisotopic (exact) mass is 468 g/mol. The van der Waals surface area contributed by atoms with Gasteiger partial charge in [0.1, 0.15) is 6.04 Å². The van der Waals surface area contributed by atoms with Crippen LogP contribution in [0.1, 0.15) is 29.0 Å². The van der Waals surface area contributed by atoms with E-state index in [4.69, 9.17) is 0 Å². The van der Waals surface area contributed by atoms with E-state index in [9.17, 15) is 19.5 Å². The second-order valence-electron chi connectivity index (χ2n) is 8.68. The lowest BCUT2D eigenvalue weighted by Gasteiger charge is -2.28. The number of carboxylic acids is 1. The first-order valence-electron chi connectivity index (χ1n) is 11.6. The molecule has 1 heterocycles. The molecular weight excluding hydrogens is 440 g/mol. The number of hydrogen-bond donors (Lipinski definition) is 1. The summed E-state index contributed by atoms with van der Waals surface area (Å²) in [5.41, 5.74) is 2.49. The number of benzene rings is 3. The molecule has 0 radical (unpaired) electrons. The van der Waals surface area contributed by atoms with Gasteiger partial charge in [-0.15, -0.1) is 0 Å². The summed E-state index contributed by atoms with van der Waals surface area (Å²) in [5.74, 6) is -2.21. The van der Waals surface area contributed by atoms with Crippen LogP contribution in [0.5, 0.6) is 0 Å². The Labute approximate surface area is 205 Å². The lowest BCUT2D eigenvalue weighted by molar-refractivity contribution is -0.148. The number of nitrogens with zero attached hydrogens (tertiary/aromatic N) is 2. The summed E-state index contributed by atoms with van der Waals surface area (Å²) < 4.78 is 0. The molecule has 2 unspecified atom stereocenters. The average molecular weight is 469 g/mol.